The molecule has 0 spiro atoms. The van der Waals surface area contributed by atoms with Gasteiger partial charge in [-0.15, -0.1) is 0 Å². The van der Waals surface area contributed by atoms with Crippen LogP contribution in [-0.4, -0.2) is 31.3 Å². The molecule has 1 aliphatic carbocycles. The van der Waals surface area contributed by atoms with Crippen LogP contribution in [0.15, 0.2) is 4.42 Å². The second-order valence-electron chi connectivity index (χ2n) is 4.54. The van der Waals surface area contributed by atoms with Gasteiger partial charge in [-0.1, -0.05) is 6.42 Å². The molecule has 1 aromatic rings. The zero-order valence-electron chi connectivity index (χ0n) is 9.69. The molecule has 0 amide bonds. The van der Waals surface area contributed by atoms with Gasteiger partial charge in [0.15, 0.2) is 0 Å². The summed E-state index contributed by atoms with van der Waals surface area (Å²) in [6.07, 6.45) is 3.50. The number of nitriles is 1. The first-order valence-corrected chi connectivity index (χ1v) is 6.12. The Kier molecular flexibility index (Phi) is 2.73. The van der Waals surface area contributed by atoms with E-state index >= 15 is 0 Å². The van der Waals surface area contributed by atoms with Crippen molar-refractivity contribution in [2.75, 3.05) is 31.2 Å². The van der Waals surface area contributed by atoms with Crippen LogP contribution in [0.4, 0.5) is 5.88 Å². The molecule has 1 saturated heterocycles. The summed E-state index contributed by atoms with van der Waals surface area (Å²) in [5, 5.41) is 9.10. The lowest BCUT2D eigenvalue weighted by Crippen LogP contribution is -2.36. The summed E-state index contributed by atoms with van der Waals surface area (Å²) in [4.78, 5) is 6.37. The lowest BCUT2D eigenvalue weighted by molar-refractivity contribution is 0.120. The topological polar surface area (TPSA) is 62.3 Å². The van der Waals surface area contributed by atoms with Gasteiger partial charge >= 0.3 is 0 Å². The van der Waals surface area contributed by atoms with Gasteiger partial charge in [0.1, 0.15) is 6.07 Å². The summed E-state index contributed by atoms with van der Waals surface area (Å²) in [6.45, 7) is 2.91. The van der Waals surface area contributed by atoms with Crippen molar-refractivity contribution in [1.29, 1.82) is 5.26 Å². The third kappa shape index (κ3) is 1.89. The maximum atomic E-state index is 9.10. The van der Waals surface area contributed by atoms with Crippen molar-refractivity contribution < 1.29 is 9.15 Å². The predicted molar refractivity (Wildman–Crippen MR) is 60.8 cm³/mol. The number of hydrogen-bond donors (Lipinski definition) is 0. The number of ether oxygens (including phenoxy) is 1. The molecule has 2 fully saturated rings. The van der Waals surface area contributed by atoms with Crippen LogP contribution in [0.5, 0.6) is 0 Å². The quantitative estimate of drug-likeness (QED) is 0.777. The van der Waals surface area contributed by atoms with Crippen molar-refractivity contribution >= 4 is 5.88 Å². The third-order valence-electron chi connectivity index (χ3n) is 3.48. The Balaban J connectivity index is 1.86. The Bertz CT molecular complexity index is 439. The van der Waals surface area contributed by atoms with Gasteiger partial charge in [-0.3, -0.25) is 0 Å². The summed E-state index contributed by atoms with van der Waals surface area (Å²) in [6, 6.07) is 2.13. The first kappa shape index (κ1) is 10.6. The molecule has 3 rings (SSSR count). The molecule has 1 saturated carbocycles. The fourth-order valence-electron chi connectivity index (χ4n) is 2.21. The Morgan fingerprint density at radius 2 is 2.06 bits per heavy atom. The van der Waals surface area contributed by atoms with Crippen molar-refractivity contribution in [2.24, 2.45) is 0 Å². The van der Waals surface area contributed by atoms with Crippen LogP contribution in [0, 0.1) is 11.3 Å². The summed E-state index contributed by atoms with van der Waals surface area (Å²) in [5.74, 6) is 1.81. The van der Waals surface area contributed by atoms with E-state index in [2.05, 4.69) is 16.0 Å². The average Bonchev–Trinajstić information content (AvgIpc) is 2.72. The highest BCUT2D eigenvalue weighted by Crippen LogP contribution is 2.38. The van der Waals surface area contributed by atoms with Gasteiger partial charge in [0.05, 0.1) is 13.2 Å². The normalized spacial score (nSPS) is 21.0. The van der Waals surface area contributed by atoms with Crippen molar-refractivity contribution in [2.45, 2.75) is 25.2 Å². The minimum absolute atomic E-state index is 0.425. The predicted octanol–water partition coefficient (Wildman–Crippen LogP) is 1.65. The molecular weight excluding hydrogens is 218 g/mol. The van der Waals surface area contributed by atoms with Crippen molar-refractivity contribution in [3.8, 4) is 6.07 Å². The van der Waals surface area contributed by atoms with Crippen molar-refractivity contribution in [3.05, 3.63) is 11.6 Å². The smallest absolute Gasteiger partial charge is 0.234 e. The monoisotopic (exact) mass is 233 g/mol. The van der Waals surface area contributed by atoms with E-state index in [1.165, 1.54) is 6.42 Å². The van der Waals surface area contributed by atoms with Gasteiger partial charge < -0.3 is 14.1 Å². The average molecular weight is 233 g/mol. The van der Waals surface area contributed by atoms with Gasteiger partial charge in [-0.2, -0.15) is 5.26 Å². The van der Waals surface area contributed by atoms with E-state index in [-0.39, 0.29) is 0 Å². The molecule has 5 nitrogen and oxygen atoms in total. The van der Waals surface area contributed by atoms with Gasteiger partial charge in [0.2, 0.25) is 17.5 Å². The van der Waals surface area contributed by atoms with E-state index in [1.54, 1.807) is 0 Å². The Labute approximate surface area is 100.0 Å². The number of anilines is 1. The fraction of sp³-hybridized carbons (Fsp3) is 0.667. The highest BCUT2D eigenvalue weighted by molar-refractivity contribution is 5.48. The van der Waals surface area contributed by atoms with Crippen LogP contribution in [0.1, 0.15) is 36.8 Å². The first-order chi connectivity index (χ1) is 8.38. The third-order valence-corrected chi connectivity index (χ3v) is 3.48. The number of oxazole rings is 1. The molecule has 2 heterocycles. The molecule has 0 unspecified atom stereocenters. The molecule has 0 aromatic carbocycles. The highest BCUT2D eigenvalue weighted by atomic mass is 16.5. The summed E-state index contributed by atoms with van der Waals surface area (Å²) in [7, 11) is 0. The van der Waals surface area contributed by atoms with Crippen LogP contribution in [-0.2, 0) is 4.74 Å². The van der Waals surface area contributed by atoms with Gasteiger partial charge in [0.25, 0.3) is 0 Å². The summed E-state index contributed by atoms with van der Waals surface area (Å²) in [5.41, 5.74) is 0.425. The van der Waals surface area contributed by atoms with E-state index in [4.69, 9.17) is 14.4 Å². The van der Waals surface area contributed by atoms with Gasteiger partial charge in [0, 0.05) is 19.0 Å². The maximum absolute atomic E-state index is 9.10. The molecule has 0 N–H and O–H groups in total. The Morgan fingerprint density at radius 1 is 1.29 bits per heavy atom. The molecule has 0 radical (unpaired) electrons. The minimum atomic E-state index is 0.425. The van der Waals surface area contributed by atoms with Crippen LogP contribution < -0.4 is 4.90 Å². The summed E-state index contributed by atoms with van der Waals surface area (Å²) < 4.78 is 11.1. The molecule has 0 bridgehead atoms. The molecule has 2 aliphatic rings. The number of rotatable bonds is 2. The Morgan fingerprint density at radius 3 is 2.65 bits per heavy atom. The molecular formula is C12H15N3O2. The van der Waals surface area contributed by atoms with E-state index in [0.717, 1.165) is 31.8 Å². The second kappa shape index (κ2) is 4.38. The Hall–Kier alpha value is -1.54. The van der Waals surface area contributed by atoms with E-state index < -0.39 is 0 Å². The van der Waals surface area contributed by atoms with E-state index in [9.17, 15) is 0 Å². The standard InChI is InChI=1S/C12H15N3O2/c13-8-10-12(15-4-6-16-7-5-15)17-11(14-10)9-2-1-3-9/h9H,1-7H2. The van der Waals surface area contributed by atoms with Gasteiger partial charge in [-0.25, -0.2) is 4.98 Å². The van der Waals surface area contributed by atoms with Gasteiger partial charge in [-0.05, 0) is 12.8 Å². The fourth-order valence-corrected chi connectivity index (χ4v) is 2.21. The maximum Gasteiger partial charge on any atom is 0.234 e. The SMILES string of the molecule is N#Cc1nc(C2CCC2)oc1N1CCOCC1. The highest BCUT2D eigenvalue weighted by Gasteiger charge is 2.28. The molecule has 17 heavy (non-hydrogen) atoms. The second-order valence-corrected chi connectivity index (χ2v) is 4.54. The van der Waals surface area contributed by atoms with Crippen LogP contribution in [0.2, 0.25) is 0 Å². The summed E-state index contributed by atoms with van der Waals surface area (Å²) >= 11 is 0. The first-order valence-electron chi connectivity index (χ1n) is 6.12. The molecule has 1 aromatic heterocycles. The zero-order chi connectivity index (χ0) is 11.7. The van der Waals surface area contributed by atoms with E-state index in [0.29, 0.717) is 30.7 Å². The van der Waals surface area contributed by atoms with Crippen LogP contribution >= 0.6 is 0 Å². The molecule has 5 heteroatoms. The van der Waals surface area contributed by atoms with Crippen LogP contribution in [0.25, 0.3) is 0 Å². The molecule has 1 aliphatic heterocycles. The molecule has 90 valence electrons. The minimum Gasteiger partial charge on any atom is -0.423 e. The van der Waals surface area contributed by atoms with Crippen molar-refractivity contribution in [3.63, 3.8) is 0 Å². The molecule has 0 atom stereocenters. The number of nitrogens with zero attached hydrogens (tertiary/aromatic N) is 3. The number of aromatic nitrogens is 1. The van der Waals surface area contributed by atoms with E-state index in [1.807, 2.05) is 0 Å². The number of hydrogen-bond acceptors (Lipinski definition) is 5. The van der Waals surface area contributed by atoms with Crippen molar-refractivity contribution in [1.82, 2.24) is 4.98 Å². The largest absolute Gasteiger partial charge is 0.423 e. The lowest BCUT2D eigenvalue weighted by atomic mass is 9.85. The zero-order valence-corrected chi connectivity index (χ0v) is 9.69. The lowest BCUT2D eigenvalue weighted by Gasteiger charge is -2.26. The number of morpholine rings is 1. The van der Waals surface area contributed by atoms with Crippen LogP contribution in [0.3, 0.4) is 0 Å².